The Morgan fingerprint density at radius 2 is 2.22 bits per heavy atom. The molecule has 5 nitrogen and oxygen atoms in total. The molecule has 1 aromatic heterocycles. The van der Waals surface area contributed by atoms with E-state index < -0.39 is 11.7 Å². The Bertz CT molecular complexity index is 859. The molecule has 3 N–H and O–H groups in total. The minimum Gasteiger partial charge on any atom is -0.366 e. The number of aromatic nitrogens is 2. The van der Waals surface area contributed by atoms with Crippen molar-refractivity contribution in [2.45, 2.75) is 11.4 Å². The largest absolute Gasteiger partial charge is 0.366 e. The van der Waals surface area contributed by atoms with E-state index in [2.05, 4.69) is 10.3 Å². The molecule has 120 valence electrons. The summed E-state index contributed by atoms with van der Waals surface area (Å²) in [6, 6.07) is 2.21. The van der Waals surface area contributed by atoms with Crippen LogP contribution in [0.3, 0.4) is 0 Å². The van der Waals surface area contributed by atoms with Gasteiger partial charge in [-0.2, -0.15) is 0 Å². The van der Waals surface area contributed by atoms with Crippen molar-refractivity contribution >= 4 is 46.1 Å². The zero-order valence-corrected chi connectivity index (χ0v) is 13.6. The zero-order chi connectivity index (χ0) is 16.7. The summed E-state index contributed by atoms with van der Waals surface area (Å²) in [4.78, 5) is 15.6. The lowest BCUT2D eigenvalue weighted by Gasteiger charge is -2.23. The van der Waals surface area contributed by atoms with Gasteiger partial charge in [-0.15, -0.1) is 11.6 Å². The van der Waals surface area contributed by atoms with Crippen LogP contribution in [0.25, 0.3) is 11.0 Å². The van der Waals surface area contributed by atoms with Gasteiger partial charge in [-0.25, -0.2) is 9.37 Å². The highest BCUT2D eigenvalue weighted by Gasteiger charge is 2.24. The number of anilines is 1. The maximum absolute atomic E-state index is 13.9. The first-order valence-corrected chi connectivity index (χ1v) is 7.60. The Balaban J connectivity index is 2.02. The molecule has 2 aromatic rings. The van der Waals surface area contributed by atoms with Crippen LogP contribution in [0, 0.1) is 5.82 Å². The van der Waals surface area contributed by atoms with E-state index in [0.29, 0.717) is 22.0 Å². The molecule has 2 atom stereocenters. The average Bonchev–Trinajstić information content (AvgIpc) is 2.78. The summed E-state index contributed by atoms with van der Waals surface area (Å²) < 4.78 is 15.6. The van der Waals surface area contributed by atoms with E-state index >= 15 is 0 Å². The zero-order valence-electron chi connectivity index (χ0n) is 12.1. The third-order valence-corrected chi connectivity index (χ3v) is 4.44. The number of carbonyl (C=O) groups is 1. The van der Waals surface area contributed by atoms with Gasteiger partial charge < -0.3 is 15.6 Å². The monoisotopic (exact) mass is 354 g/mol. The third-order valence-electron chi connectivity index (χ3n) is 3.69. The van der Waals surface area contributed by atoms with Crippen molar-refractivity contribution in [1.29, 1.82) is 0 Å². The van der Waals surface area contributed by atoms with Crippen LogP contribution in [0.1, 0.15) is 10.4 Å². The van der Waals surface area contributed by atoms with Crippen molar-refractivity contribution in [2.24, 2.45) is 12.8 Å². The first-order valence-electron chi connectivity index (χ1n) is 6.78. The SMILES string of the molecule is Cn1c(NC2C(Cl)=CC=CC2Cl)nc2cc(C(N)=O)c(F)cc21. The van der Waals surface area contributed by atoms with Crippen LogP contribution in [-0.2, 0) is 7.05 Å². The number of carbonyl (C=O) groups excluding carboxylic acids is 1. The lowest BCUT2D eigenvalue weighted by atomic mass is 10.1. The van der Waals surface area contributed by atoms with E-state index in [-0.39, 0.29) is 17.0 Å². The van der Waals surface area contributed by atoms with Crippen molar-refractivity contribution in [3.05, 3.63) is 46.8 Å². The van der Waals surface area contributed by atoms with Gasteiger partial charge in [-0.3, -0.25) is 4.79 Å². The maximum atomic E-state index is 13.9. The number of amides is 1. The molecule has 0 aliphatic heterocycles. The van der Waals surface area contributed by atoms with Crippen molar-refractivity contribution in [2.75, 3.05) is 5.32 Å². The molecular formula is C15H13Cl2FN4O. The van der Waals surface area contributed by atoms with Crippen LogP contribution in [0.2, 0.25) is 0 Å². The quantitative estimate of drug-likeness (QED) is 0.832. The van der Waals surface area contributed by atoms with Crippen molar-refractivity contribution < 1.29 is 9.18 Å². The molecule has 23 heavy (non-hydrogen) atoms. The number of allylic oxidation sites excluding steroid dienone is 2. The smallest absolute Gasteiger partial charge is 0.251 e. The summed E-state index contributed by atoms with van der Waals surface area (Å²) in [6.07, 6.45) is 5.33. The molecule has 1 amide bonds. The van der Waals surface area contributed by atoms with E-state index in [9.17, 15) is 9.18 Å². The van der Waals surface area contributed by atoms with E-state index in [0.717, 1.165) is 0 Å². The number of nitrogens with zero attached hydrogens (tertiary/aromatic N) is 2. The summed E-state index contributed by atoms with van der Waals surface area (Å²) >= 11 is 12.4. The molecule has 1 heterocycles. The summed E-state index contributed by atoms with van der Waals surface area (Å²) in [7, 11) is 1.72. The molecule has 1 aromatic carbocycles. The standard InChI is InChI=1S/C15H13Cl2FN4O/c1-22-12-6-10(18)7(14(19)23)5-11(12)20-15(22)21-13-8(16)3-2-4-9(13)17/h2-6,8,13H,1H3,(H2,19,23)(H,20,21). The van der Waals surface area contributed by atoms with Gasteiger partial charge in [0.1, 0.15) is 5.82 Å². The number of aryl methyl sites for hydroxylation is 1. The predicted octanol–water partition coefficient (Wildman–Crippen LogP) is 2.89. The van der Waals surface area contributed by atoms with Crippen molar-refractivity contribution in [3.63, 3.8) is 0 Å². The Morgan fingerprint density at radius 3 is 2.87 bits per heavy atom. The molecule has 2 unspecified atom stereocenters. The average molecular weight is 355 g/mol. The van der Waals surface area contributed by atoms with Crippen molar-refractivity contribution in [1.82, 2.24) is 9.55 Å². The number of imidazole rings is 1. The van der Waals surface area contributed by atoms with E-state index in [1.165, 1.54) is 12.1 Å². The minimum absolute atomic E-state index is 0.198. The second-order valence-corrected chi connectivity index (χ2v) is 6.12. The number of primary amides is 1. The molecular weight excluding hydrogens is 342 g/mol. The molecule has 8 heteroatoms. The van der Waals surface area contributed by atoms with E-state index in [1.807, 2.05) is 0 Å². The highest BCUT2D eigenvalue weighted by molar-refractivity contribution is 6.32. The van der Waals surface area contributed by atoms with Crippen LogP contribution in [-0.4, -0.2) is 26.9 Å². The number of benzene rings is 1. The lowest BCUT2D eigenvalue weighted by Crippen LogP contribution is -2.31. The van der Waals surface area contributed by atoms with Gasteiger partial charge in [0.25, 0.3) is 5.91 Å². The topological polar surface area (TPSA) is 72.9 Å². The molecule has 3 rings (SSSR count). The van der Waals surface area contributed by atoms with Crippen LogP contribution in [0.4, 0.5) is 10.3 Å². The highest BCUT2D eigenvalue weighted by atomic mass is 35.5. The van der Waals surface area contributed by atoms with Crippen molar-refractivity contribution in [3.8, 4) is 0 Å². The number of hydrogen-bond donors (Lipinski definition) is 2. The fraction of sp³-hybridized carbons (Fsp3) is 0.200. The Hall–Kier alpha value is -2.05. The second-order valence-electron chi connectivity index (χ2n) is 5.18. The fourth-order valence-corrected chi connectivity index (χ4v) is 3.05. The molecule has 0 spiro atoms. The number of halogens is 3. The lowest BCUT2D eigenvalue weighted by molar-refractivity contribution is 0.0996. The molecule has 0 radical (unpaired) electrons. The normalized spacial score (nSPS) is 20.6. The molecule has 0 saturated heterocycles. The molecule has 1 aliphatic rings. The molecule has 1 aliphatic carbocycles. The fourth-order valence-electron chi connectivity index (χ4n) is 2.44. The molecule has 0 fully saturated rings. The molecule has 0 saturated carbocycles. The highest BCUT2D eigenvalue weighted by Crippen LogP contribution is 2.27. The minimum atomic E-state index is -0.839. The van der Waals surface area contributed by atoms with Gasteiger partial charge in [-0.05, 0) is 12.1 Å². The first-order chi connectivity index (χ1) is 10.9. The van der Waals surface area contributed by atoms with Gasteiger partial charge in [0, 0.05) is 18.1 Å². The van der Waals surface area contributed by atoms with Crippen LogP contribution in [0.5, 0.6) is 0 Å². The number of nitrogens with one attached hydrogen (secondary N) is 1. The van der Waals surface area contributed by atoms with E-state index in [1.54, 1.807) is 29.8 Å². The summed E-state index contributed by atoms with van der Waals surface area (Å²) in [5, 5.41) is 3.34. The Labute approximate surface area is 141 Å². The van der Waals surface area contributed by atoms with Crippen LogP contribution in [0.15, 0.2) is 35.4 Å². The Morgan fingerprint density at radius 1 is 1.48 bits per heavy atom. The van der Waals surface area contributed by atoms with Gasteiger partial charge in [0.15, 0.2) is 0 Å². The van der Waals surface area contributed by atoms with Crippen LogP contribution >= 0.6 is 23.2 Å². The number of nitrogens with two attached hydrogens (primary N) is 1. The second kappa shape index (κ2) is 5.86. The van der Waals surface area contributed by atoms with Gasteiger partial charge in [0.05, 0.1) is 28.0 Å². The number of fused-ring (bicyclic) bond motifs is 1. The number of rotatable bonds is 3. The number of hydrogen-bond acceptors (Lipinski definition) is 3. The van der Waals surface area contributed by atoms with Crippen LogP contribution < -0.4 is 11.1 Å². The van der Waals surface area contributed by atoms with E-state index in [4.69, 9.17) is 28.9 Å². The maximum Gasteiger partial charge on any atom is 0.251 e. The third kappa shape index (κ3) is 2.80. The van der Waals surface area contributed by atoms with Gasteiger partial charge in [0.2, 0.25) is 5.95 Å². The molecule has 0 bridgehead atoms. The summed E-state index contributed by atoms with van der Waals surface area (Å²) in [5.74, 6) is -1.07. The van der Waals surface area contributed by atoms with Gasteiger partial charge in [-0.1, -0.05) is 23.8 Å². The first kappa shape index (κ1) is 15.8. The number of alkyl halides is 1. The van der Waals surface area contributed by atoms with Gasteiger partial charge >= 0.3 is 0 Å². The summed E-state index contributed by atoms with van der Waals surface area (Å²) in [6.45, 7) is 0. The predicted molar refractivity (Wildman–Crippen MR) is 89.3 cm³/mol. The summed E-state index contributed by atoms with van der Waals surface area (Å²) in [5.41, 5.74) is 5.93. The Kier molecular flexibility index (Phi) is 4.04.